The summed E-state index contributed by atoms with van der Waals surface area (Å²) >= 11 is 3.33. The van der Waals surface area contributed by atoms with Crippen LogP contribution in [0.4, 0.5) is 0 Å². The highest BCUT2D eigenvalue weighted by Crippen LogP contribution is 2.24. The molecule has 1 aromatic heterocycles. The van der Waals surface area contributed by atoms with Gasteiger partial charge in [0.05, 0.1) is 23.7 Å². The lowest BCUT2D eigenvalue weighted by molar-refractivity contribution is 0.0602. The maximum atomic E-state index is 11.4. The summed E-state index contributed by atoms with van der Waals surface area (Å²) in [6, 6.07) is 3.67. The highest BCUT2D eigenvalue weighted by Gasteiger charge is 2.16. The van der Waals surface area contributed by atoms with Crippen molar-refractivity contribution in [1.29, 1.82) is 0 Å². The van der Waals surface area contributed by atoms with Gasteiger partial charge in [0.2, 0.25) is 0 Å². The lowest BCUT2D eigenvalue weighted by Crippen LogP contribution is -2.12. The molecular formula is C9H9BrN2O2. The van der Waals surface area contributed by atoms with Crippen LogP contribution in [0.2, 0.25) is 0 Å². The smallest absolute Gasteiger partial charge is 0.340 e. The van der Waals surface area contributed by atoms with Gasteiger partial charge >= 0.3 is 5.97 Å². The Balaban J connectivity index is 2.67. The van der Waals surface area contributed by atoms with E-state index in [4.69, 9.17) is 4.74 Å². The van der Waals surface area contributed by atoms with Crippen LogP contribution in [0.1, 0.15) is 10.4 Å². The van der Waals surface area contributed by atoms with Crippen LogP contribution in [0.15, 0.2) is 16.6 Å². The summed E-state index contributed by atoms with van der Waals surface area (Å²) < 4.78 is 7.34. The van der Waals surface area contributed by atoms with Gasteiger partial charge in [0.25, 0.3) is 0 Å². The Labute approximate surface area is 88.9 Å². The van der Waals surface area contributed by atoms with Crippen molar-refractivity contribution >= 4 is 32.9 Å². The van der Waals surface area contributed by atoms with Gasteiger partial charge < -0.3 is 4.74 Å². The molecule has 0 saturated heterocycles. The summed E-state index contributed by atoms with van der Waals surface area (Å²) in [6.45, 7) is 0. The van der Waals surface area contributed by atoms with Crippen molar-refractivity contribution in [2.45, 2.75) is 0 Å². The van der Waals surface area contributed by atoms with Gasteiger partial charge in [-0.1, -0.05) is 15.9 Å². The van der Waals surface area contributed by atoms with Gasteiger partial charge in [-0.2, -0.15) is 0 Å². The third kappa shape index (κ3) is 1.24. The van der Waals surface area contributed by atoms with E-state index in [1.807, 2.05) is 13.1 Å². The number of methoxy groups -OCH3 is 1. The molecule has 5 heteroatoms. The van der Waals surface area contributed by atoms with Crippen LogP contribution < -0.4 is 0 Å². The third-order valence-corrected chi connectivity index (χ3v) is 2.56. The molecule has 1 N–H and O–H groups in total. The zero-order valence-corrected chi connectivity index (χ0v) is 9.38. The fourth-order valence-corrected chi connectivity index (χ4v) is 1.95. The summed E-state index contributed by atoms with van der Waals surface area (Å²) in [5.41, 5.74) is 2.38. The van der Waals surface area contributed by atoms with Crippen LogP contribution in [0.3, 0.4) is 0 Å². The molecule has 0 aliphatic rings. The number of fused-ring (bicyclic) bond motifs is 1. The van der Waals surface area contributed by atoms with Crippen LogP contribution >= 0.6 is 15.9 Å². The number of ether oxygens (including phenoxy) is 1. The first-order valence-electron chi connectivity index (χ1n) is 4.05. The van der Waals surface area contributed by atoms with Crippen molar-refractivity contribution in [1.82, 2.24) is 9.78 Å². The number of aromatic amines is 1. The quantitative estimate of drug-likeness (QED) is 0.795. The Morgan fingerprint density at radius 1 is 1.57 bits per heavy atom. The van der Waals surface area contributed by atoms with E-state index < -0.39 is 0 Å². The fourth-order valence-electron chi connectivity index (χ4n) is 1.50. The number of esters is 1. The Hall–Kier alpha value is -1.23. The van der Waals surface area contributed by atoms with Gasteiger partial charge in [-0.25, -0.2) is 4.79 Å². The number of rotatable bonds is 1. The van der Waals surface area contributed by atoms with Crippen molar-refractivity contribution in [2.75, 3.05) is 7.11 Å². The molecule has 0 spiro atoms. The normalized spacial score (nSPS) is 10.8. The second-order valence-electron chi connectivity index (χ2n) is 3.01. The average Bonchev–Trinajstić information content (AvgIpc) is 2.14. The van der Waals surface area contributed by atoms with E-state index in [9.17, 15) is 4.79 Å². The summed E-state index contributed by atoms with van der Waals surface area (Å²) in [7, 11) is 3.23. The summed E-state index contributed by atoms with van der Waals surface area (Å²) in [4.78, 5) is 11.4. The summed E-state index contributed by atoms with van der Waals surface area (Å²) in [5.74, 6) is -0.323. The number of nitrogens with zero attached hydrogens (tertiary/aromatic N) is 1. The van der Waals surface area contributed by atoms with E-state index in [1.165, 1.54) is 7.11 Å². The number of aromatic nitrogens is 2. The Morgan fingerprint density at radius 3 is 2.86 bits per heavy atom. The molecule has 1 aromatic carbocycles. The highest BCUT2D eigenvalue weighted by molar-refractivity contribution is 9.10. The lowest BCUT2D eigenvalue weighted by atomic mass is 10.1. The monoisotopic (exact) mass is 256 g/mol. The Morgan fingerprint density at radius 2 is 2.29 bits per heavy atom. The van der Waals surface area contributed by atoms with Crippen molar-refractivity contribution in [3.8, 4) is 0 Å². The molecule has 0 saturated carbocycles. The molecule has 0 atom stereocenters. The van der Waals surface area contributed by atoms with Gasteiger partial charge in [-0.15, -0.1) is 0 Å². The minimum atomic E-state index is -0.323. The van der Waals surface area contributed by atoms with Crippen LogP contribution in [-0.4, -0.2) is 22.9 Å². The first-order valence-corrected chi connectivity index (χ1v) is 4.85. The van der Waals surface area contributed by atoms with Crippen molar-refractivity contribution < 1.29 is 9.53 Å². The highest BCUT2D eigenvalue weighted by atomic mass is 79.9. The maximum absolute atomic E-state index is 11.4. The number of H-pyrrole nitrogens is 1. The van der Waals surface area contributed by atoms with Crippen LogP contribution in [0, 0.1) is 0 Å². The van der Waals surface area contributed by atoms with Gasteiger partial charge in [0.15, 0.2) is 0 Å². The third-order valence-electron chi connectivity index (χ3n) is 2.10. The molecule has 0 aliphatic heterocycles. The number of nitrogens with one attached hydrogen (secondary N) is 1. The van der Waals surface area contributed by atoms with Crippen molar-refractivity contribution in [3.05, 3.63) is 22.2 Å². The van der Waals surface area contributed by atoms with E-state index in [0.29, 0.717) is 5.56 Å². The van der Waals surface area contributed by atoms with Crippen molar-refractivity contribution in [2.24, 2.45) is 7.05 Å². The van der Waals surface area contributed by atoms with E-state index in [-0.39, 0.29) is 5.97 Å². The molecular weight excluding hydrogens is 248 g/mol. The first-order chi connectivity index (χ1) is 6.63. The molecule has 0 radical (unpaired) electrons. The second-order valence-corrected chi connectivity index (χ2v) is 3.93. The Bertz CT molecular complexity index is 498. The van der Waals surface area contributed by atoms with Gasteiger partial charge in [-0.3, -0.25) is 9.78 Å². The van der Waals surface area contributed by atoms with Crippen LogP contribution in [0.5, 0.6) is 0 Å². The first kappa shape index (κ1) is 9.33. The number of hydrogen-bond donors (Lipinski definition) is 1. The predicted octanol–water partition coefficient (Wildman–Crippen LogP) is 2.06. The van der Waals surface area contributed by atoms with Gasteiger partial charge in [-0.05, 0) is 12.1 Å². The largest absolute Gasteiger partial charge is 0.465 e. The molecule has 2 rings (SSSR count). The van der Waals surface area contributed by atoms with Crippen LogP contribution in [0.25, 0.3) is 11.0 Å². The molecule has 0 bridgehead atoms. The topological polar surface area (TPSA) is 47.0 Å². The van der Waals surface area contributed by atoms with E-state index in [0.717, 1.165) is 15.5 Å². The number of benzene rings is 1. The summed E-state index contributed by atoms with van der Waals surface area (Å²) in [6.07, 6.45) is 0. The molecule has 2 aromatic rings. The zero-order chi connectivity index (χ0) is 10.3. The molecule has 1 heterocycles. The van der Waals surface area contributed by atoms with E-state index in [2.05, 4.69) is 21.0 Å². The number of aryl methyl sites for hydroxylation is 1. The Kier molecular flexibility index (Phi) is 2.11. The lowest BCUT2D eigenvalue weighted by Gasteiger charge is -2.15. The number of carbonyl (C=O) groups is 1. The number of carbonyl (C=O) groups excluding carboxylic acids is 1. The van der Waals surface area contributed by atoms with Gasteiger partial charge in [0, 0.05) is 11.5 Å². The molecule has 0 fully saturated rings. The minimum Gasteiger partial charge on any atom is -0.465 e. The predicted molar refractivity (Wildman–Crippen MR) is 56.3 cm³/mol. The van der Waals surface area contributed by atoms with Crippen molar-refractivity contribution in [3.63, 3.8) is 0 Å². The maximum Gasteiger partial charge on any atom is 0.340 e. The standard InChI is InChI=1S/C9H9BrN2O2/c1-12-8-6(9(13)14-2)3-5(10)4-7(8)11-12/h3-4,11H,1-2H3. The second kappa shape index (κ2) is 3.16. The fraction of sp³-hybridized carbons (Fsp3) is 0.222. The molecule has 0 unspecified atom stereocenters. The summed E-state index contributed by atoms with van der Waals surface area (Å²) in [5, 5.41) is 3.04. The van der Waals surface area contributed by atoms with Gasteiger partial charge in [0.1, 0.15) is 0 Å². The molecule has 74 valence electrons. The average molecular weight is 257 g/mol. The molecule has 14 heavy (non-hydrogen) atoms. The number of hydrogen-bond acceptors (Lipinski definition) is 2. The zero-order valence-electron chi connectivity index (χ0n) is 7.80. The SMILES string of the molecule is COC(=O)c1cc(Br)cc2[nH]n(C)c12. The number of halogens is 1. The molecule has 4 nitrogen and oxygen atoms in total. The molecule has 0 aliphatic carbocycles. The van der Waals surface area contributed by atoms with E-state index >= 15 is 0 Å². The van der Waals surface area contributed by atoms with E-state index in [1.54, 1.807) is 10.7 Å². The minimum absolute atomic E-state index is 0.323. The molecule has 0 amide bonds. The van der Waals surface area contributed by atoms with Crippen LogP contribution in [-0.2, 0) is 11.8 Å².